The smallest absolute Gasteiger partial charge is 0.225 e. The molecule has 2 atom stereocenters. The fourth-order valence-electron chi connectivity index (χ4n) is 2.87. The van der Waals surface area contributed by atoms with Crippen LogP contribution < -0.4 is 10.6 Å². The second-order valence-corrected chi connectivity index (χ2v) is 6.76. The number of rotatable bonds is 5. The largest absolute Gasteiger partial charge is 0.393 e. The molecule has 1 fully saturated rings. The Hall–Kier alpha value is -1.40. The van der Waals surface area contributed by atoms with Crippen LogP contribution in [0.5, 0.6) is 0 Å². The van der Waals surface area contributed by atoms with E-state index in [1.807, 2.05) is 7.05 Å². The third-order valence-corrected chi connectivity index (χ3v) is 5.26. The number of fused-ring (bicyclic) bond motifs is 1. The van der Waals surface area contributed by atoms with Crippen molar-refractivity contribution >= 4 is 33.3 Å². The third kappa shape index (κ3) is 3.11. The summed E-state index contributed by atoms with van der Waals surface area (Å²) in [7, 11) is 1.84. The summed E-state index contributed by atoms with van der Waals surface area (Å²) >= 11 is 1.73. The molecule has 1 aliphatic rings. The molecule has 1 saturated carbocycles. The summed E-state index contributed by atoms with van der Waals surface area (Å²) in [4.78, 5) is 11.4. The molecule has 0 amide bonds. The van der Waals surface area contributed by atoms with Crippen molar-refractivity contribution in [3.63, 3.8) is 0 Å². The average Bonchev–Trinajstić information content (AvgIpc) is 3.10. The van der Waals surface area contributed by atoms with Crippen LogP contribution in [0.1, 0.15) is 31.1 Å². The van der Waals surface area contributed by atoms with E-state index in [1.54, 1.807) is 11.3 Å². The molecule has 2 heterocycles. The van der Waals surface area contributed by atoms with E-state index < -0.39 is 0 Å². The second-order valence-electron chi connectivity index (χ2n) is 5.64. The van der Waals surface area contributed by atoms with Crippen molar-refractivity contribution in [3.05, 3.63) is 10.9 Å². The lowest BCUT2D eigenvalue weighted by Gasteiger charge is -2.12. The summed E-state index contributed by atoms with van der Waals surface area (Å²) in [5.74, 6) is 2.09. The van der Waals surface area contributed by atoms with Gasteiger partial charge in [-0.15, -0.1) is 11.3 Å². The Morgan fingerprint density at radius 2 is 2.24 bits per heavy atom. The Morgan fingerprint density at radius 3 is 2.90 bits per heavy atom. The highest BCUT2D eigenvalue weighted by Crippen LogP contribution is 2.31. The van der Waals surface area contributed by atoms with E-state index in [0.717, 1.165) is 48.3 Å². The number of thiophene rings is 1. The molecular formula is C15H22N4OS. The van der Waals surface area contributed by atoms with Crippen molar-refractivity contribution in [2.75, 3.05) is 24.2 Å². The summed E-state index contributed by atoms with van der Waals surface area (Å²) in [6.45, 7) is 3.02. The molecular weight excluding hydrogens is 284 g/mol. The van der Waals surface area contributed by atoms with Gasteiger partial charge in [0.25, 0.3) is 0 Å². The molecule has 0 aromatic carbocycles. The minimum atomic E-state index is -0.122. The maximum Gasteiger partial charge on any atom is 0.225 e. The summed E-state index contributed by atoms with van der Waals surface area (Å²) < 4.78 is 0. The predicted molar refractivity (Wildman–Crippen MR) is 88.2 cm³/mol. The quantitative estimate of drug-likeness (QED) is 0.792. The zero-order chi connectivity index (χ0) is 14.8. The van der Waals surface area contributed by atoms with Crippen molar-refractivity contribution < 1.29 is 5.11 Å². The maximum atomic E-state index is 9.62. The molecule has 21 heavy (non-hydrogen) atoms. The molecule has 0 radical (unpaired) electrons. The van der Waals surface area contributed by atoms with Crippen LogP contribution >= 0.6 is 11.3 Å². The normalized spacial score (nSPS) is 21.9. The standard InChI is InChI=1S/C15H22N4OS/c1-3-11-7-12-13(17-8-9-4-5-10(20)6-9)18-15(16-2)19-14(12)21-11/h7,9-10,20H,3-6,8H2,1-2H3,(H2,16,17,18,19). The number of anilines is 2. The lowest BCUT2D eigenvalue weighted by Crippen LogP contribution is -2.14. The zero-order valence-corrected chi connectivity index (χ0v) is 13.3. The van der Waals surface area contributed by atoms with Crippen LogP contribution in [-0.2, 0) is 6.42 Å². The van der Waals surface area contributed by atoms with Crippen LogP contribution in [0.3, 0.4) is 0 Å². The van der Waals surface area contributed by atoms with Crippen LogP contribution in [0.2, 0.25) is 0 Å². The van der Waals surface area contributed by atoms with Gasteiger partial charge >= 0.3 is 0 Å². The highest BCUT2D eigenvalue weighted by atomic mass is 32.1. The molecule has 2 aromatic heterocycles. The van der Waals surface area contributed by atoms with Crippen LogP contribution in [0.15, 0.2) is 6.07 Å². The van der Waals surface area contributed by atoms with Gasteiger partial charge in [0.1, 0.15) is 10.6 Å². The minimum absolute atomic E-state index is 0.122. The molecule has 1 aliphatic carbocycles. The average molecular weight is 306 g/mol. The lowest BCUT2D eigenvalue weighted by molar-refractivity contribution is 0.178. The first-order valence-electron chi connectivity index (χ1n) is 7.59. The second kappa shape index (κ2) is 6.15. The van der Waals surface area contributed by atoms with E-state index in [0.29, 0.717) is 11.9 Å². The maximum absolute atomic E-state index is 9.62. The summed E-state index contributed by atoms with van der Waals surface area (Å²) in [6.07, 6.45) is 3.80. The Balaban J connectivity index is 1.83. The fraction of sp³-hybridized carbons (Fsp3) is 0.600. The summed E-state index contributed by atoms with van der Waals surface area (Å²) in [5.41, 5.74) is 0. The van der Waals surface area contributed by atoms with Gasteiger partial charge in [-0.05, 0) is 37.7 Å². The van der Waals surface area contributed by atoms with E-state index in [2.05, 4.69) is 33.6 Å². The van der Waals surface area contributed by atoms with Crippen molar-refractivity contribution in [2.24, 2.45) is 5.92 Å². The summed E-state index contributed by atoms with van der Waals surface area (Å²) in [5, 5.41) is 17.2. The predicted octanol–water partition coefficient (Wildman–Crippen LogP) is 2.87. The Morgan fingerprint density at radius 1 is 1.38 bits per heavy atom. The Bertz CT molecular complexity index is 627. The number of aliphatic hydroxyl groups excluding tert-OH is 1. The van der Waals surface area contributed by atoms with E-state index >= 15 is 0 Å². The van der Waals surface area contributed by atoms with Gasteiger partial charge in [-0.2, -0.15) is 4.98 Å². The highest BCUT2D eigenvalue weighted by Gasteiger charge is 2.23. The van der Waals surface area contributed by atoms with Gasteiger partial charge in [-0.25, -0.2) is 4.98 Å². The monoisotopic (exact) mass is 306 g/mol. The van der Waals surface area contributed by atoms with E-state index in [9.17, 15) is 5.11 Å². The molecule has 3 N–H and O–H groups in total. The van der Waals surface area contributed by atoms with E-state index in [1.165, 1.54) is 4.88 Å². The van der Waals surface area contributed by atoms with Gasteiger partial charge in [-0.3, -0.25) is 0 Å². The Labute approximate surface area is 128 Å². The number of hydrogen-bond donors (Lipinski definition) is 3. The van der Waals surface area contributed by atoms with Crippen molar-refractivity contribution in [1.29, 1.82) is 0 Å². The number of nitrogens with one attached hydrogen (secondary N) is 2. The number of nitrogens with zero attached hydrogens (tertiary/aromatic N) is 2. The lowest BCUT2D eigenvalue weighted by atomic mass is 10.1. The first kappa shape index (κ1) is 14.5. The van der Waals surface area contributed by atoms with Crippen LogP contribution in [0.25, 0.3) is 10.2 Å². The molecule has 0 aliphatic heterocycles. The first-order chi connectivity index (χ1) is 10.2. The Kier molecular flexibility index (Phi) is 4.26. The number of hydrogen-bond acceptors (Lipinski definition) is 6. The number of aliphatic hydroxyl groups is 1. The van der Waals surface area contributed by atoms with Crippen LogP contribution in [-0.4, -0.2) is 34.8 Å². The van der Waals surface area contributed by atoms with Crippen molar-refractivity contribution in [3.8, 4) is 0 Å². The van der Waals surface area contributed by atoms with Gasteiger partial charge in [0.2, 0.25) is 5.95 Å². The first-order valence-corrected chi connectivity index (χ1v) is 8.41. The molecule has 2 aromatic rings. The van der Waals surface area contributed by atoms with Gasteiger partial charge in [0, 0.05) is 18.5 Å². The molecule has 6 heteroatoms. The SMILES string of the molecule is CCc1cc2c(NCC3CCC(O)C3)nc(NC)nc2s1. The van der Waals surface area contributed by atoms with Gasteiger partial charge in [0.05, 0.1) is 11.5 Å². The topological polar surface area (TPSA) is 70.1 Å². The number of aromatic nitrogens is 2. The zero-order valence-electron chi connectivity index (χ0n) is 12.5. The molecule has 0 bridgehead atoms. The molecule has 0 spiro atoms. The van der Waals surface area contributed by atoms with Gasteiger partial charge in [0.15, 0.2) is 0 Å². The van der Waals surface area contributed by atoms with Crippen LogP contribution in [0.4, 0.5) is 11.8 Å². The summed E-state index contributed by atoms with van der Waals surface area (Å²) in [6, 6.07) is 2.19. The van der Waals surface area contributed by atoms with Gasteiger partial charge in [-0.1, -0.05) is 6.92 Å². The fourth-order valence-corrected chi connectivity index (χ4v) is 3.83. The molecule has 3 rings (SSSR count). The highest BCUT2D eigenvalue weighted by molar-refractivity contribution is 7.18. The number of aryl methyl sites for hydroxylation is 1. The van der Waals surface area contributed by atoms with E-state index in [4.69, 9.17) is 0 Å². The van der Waals surface area contributed by atoms with Crippen molar-refractivity contribution in [1.82, 2.24) is 9.97 Å². The van der Waals surface area contributed by atoms with Gasteiger partial charge < -0.3 is 15.7 Å². The van der Waals surface area contributed by atoms with Crippen LogP contribution in [0, 0.1) is 5.92 Å². The third-order valence-electron chi connectivity index (χ3n) is 4.09. The van der Waals surface area contributed by atoms with Crippen molar-refractivity contribution in [2.45, 2.75) is 38.7 Å². The molecule has 2 unspecified atom stereocenters. The minimum Gasteiger partial charge on any atom is -0.393 e. The molecule has 5 nitrogen and oxygen atoms in total. The molecule has 0 saturated heterocycles. The molecule has 114 valence electrons. The van der Waals surface area contributed by atoms with E-state index in [-0.39, 0.29) is 6.10 Å².